The molecular weight excluding hydrogens is 583 g/mol. The van der Waals surface area contributed by atoms with Crippen molar-refractivity contribution in [3.05, 3.63) is 140 Å². The molecule has 9 heteroatoms. The topological polar surface area (TPSA) is 77.0 Å². The molecule has 0 spiro atoms. The van der Waals surface area contributed by atoms with E-state index in [2.05, 4.69) is 10.5 Å². The summed E-state index contributed by atoms with van der Waals surface area (Å²) in [6.45, 7) is 0.257. The molecule has 0 aromatic heterocycles. The van der Waals surface area contributed by atoms with Crippen molar-refractivity contribution in [2.75, 3.05) is 0 Å². The minimum atomic E-state index is -0.660. The molecule has 0 heterocycles. The van der Waals surface area contributed by atoms with Crippen LogP contribution in [-0.4, -0.2) is 18.1 Å². The highest BCUT2D eigenvalue weighted by molar-refractivity contribution is 6.36. The fourth-order valence-electron chi connectivity index (χ4n) is 4.05. The molecular formula is C32H21Cl3N2O4. The maximum atomic E-state index is 13.1. The van der Waals surface area contributed by atoms with E-state index in [4.69, 9.17) is 44.3 Å². The summed E-state index contributed by atoms with van der Waals surface area (Å²) >= 11 is 18.1. The maximum absolute atomic E-state index is 13.1. The lowest BCUT2D eigenvalue weighted by Crippen LogP contribution is -2.19. The Bertz CT molecular complexity index is 1770. The number of hydrogen-bond donors (Lipinski definition) is 1. The average Bonchev–Trinajstić information content (AvgIpc) is 2.97. The fraction of sp³-hybridized carbons (Fsp3) is 0.0312. The van der Waals surface area contributed by atoms with Crippen LogP contribution in [0.1, 0.15) is 31.8 Å². The number of halogens is 3. The summed E-state index contributed by atoms with van der Waals surface area (Å²) in [5.41, 5.74) is 4.41. The van der Waals surface area contributed by atoms with Gasteiger partial charge in [0.25, 0.3) is 5.91 Å². The number of esters is 1. The maximum Gasteiger partial charge on any atom is 0.345 e. The number of hydrazone groups is 1. The number of benzene rings is 5. The van der Waals surface area contributed by atoms with Gasteiger partial charge < -0.3 is 9.47 Å². The molecule has 5 aromatic carbocycles. The van der Waals surface area contributed by atoms with Crippen LogP contribution in [0.3, 0.4) is 0 Å². The average molecular weight is 604 g/mol. The summed E-state index contributed by atoms with van der Waals surface area (Å²) in [6, 6.07) is 29.6. The van der Waals surface area contributed by atoms with E-state index in [1.807, 2.05) is 42.5 Å². The second kappa shape index (κ2) is 12.9. The van der Waals surface area contributed by atoms with Crippen LogP contribution in [0, 0.1) is 0 Å². The molecule has 1 amide bonds. The molecule has 0 saturated heterocycles. The van der Waals surface area contributed by atoms with Crippen molar-refractivity contribution < 1.29 is 19.1 Å². The Morgan fingerprint density at radius 3 is 2.29 bits per heavy atom. The smallest absolute Gasteiger partial charge is 0.345 e. The molecule has 0 aliphatic heterocycles. The number of ether oxygens (including phenoxy) is 2. The van der Waals surface area contributed by atoms with Crippen molar-refractivity contribution in [3.63, 3.8) is 0 Å². The predicted molar refractivity (Wildman–Crippen MR) is 163 cm³/mol. The van der Waals surface area contributed by atoms with Crippen LogP contribution < -0.4 is 14.9 Å². The standard InChI is InChI=1S/C32H21Cl3N2O4/c33-22-12-9-20(10-13-22)19-40-29-8-4-3-7-26(29)31(38)37-36-18-27-24-6-2-1-5-21(24)11-16-30(27)41-32(39)25-15-14-23(34)17-28(25)35/h1-18H,19H2,(H,37,38)/b36-18-. The van der Waals surface area contributed by atoms with Gasteiger partial charge in [-0.1, -0.05) is 89.4 Å². The molecule has 0 fully saturated rings. The Labute approximate surface area is 251 Å². The minimum absolute atomic E-state index is 0.163. The normalized spacial score (nSPS) is 11.0. The number of para-hydroxylation sites is 1. The zero-order chi connectivity index (χ0) is 28.8. The Balaban J connectivity index is 1.36. The third-order valence-electron chi connectivity index (χ3n) is 6.08. The van der Waals surface area contributed by atoms with Gasteiger partial charge in [0.1, 0.15) is 18.1 Å². The zero-order valence-electron chi connectivity index (χ0n) is 21.3. The van der Waals surface area contributed by atoms with Gasteiger partial charge in [0.05, 0.1) is 22.4 Å². The number of nitrogens with one attached hydrogen (secondary N) is 1. The van der Waals surface area contributed by atoms with Crippen molar-refractivity contribution in [3.8, 4) is 11.5 Å². The van der Waals surface area contributed by atoms with Gasteiger partial charge in [0.2, 0.25) is 0 Å². The number of nitrogens with zero attached hydrogens (tertiary/aromatic N) is 1. The van der Waals surface area contributed by atoms with Crippen LogP contribution in [0.4, 0.5) is 0 Å². The summed E-state index contributed by atoms with van der Waals surface area (Å²) in [5, 5.41) is 7.04. The lowest BCUT2D eigenvalue weighted by molar-refractivity contribution is 0.0734. The van der Waals surface area contributed by atoms with Crippen molar-refractivity contribution in [2.45, 2.75) is 6.61 Å². The molecule has 0 radical (unpaired) electrons. The number of amides is 1. The van der Waals surface area contributed by atoms with Crippen LogP contribution in [0.2, 0.25) is 15.1 Å². The van der Waals surface area contributed by atoms with Crippen LogP contribution in [0.5, 0.6) is 11.5 Å². The first-order valence-corrected chi connectivity index (χ1v) is 13.5. The number of rotatable bonds is 8. The van der Waals surface area contributed by atoms with E-state index >= 15 is 0 Å². The molecule has 6 nitrogen and oxygen atoms in total. The summed E-state index contributed by atoms with van der Waals surface area (Å²) in [7, 11) is 0. The van der Waals surface area contributed by atoms with E-state index in [-0.39, 0.29) is 22.9 Å². The molecule has 41 heavy (non-hydrogen) atoms. The Kier molecular flexibility index (Phi) is 8.85. The molecule has 5 aromatic rings. The van der Waals surface area contributed by atoms with Crippen molar-refractivity contribution >= 4 is 63.7 Å². The summed E-state index contributed by atoms with van der Waals surface area (Å²) in [4.78, 5) is 26.0. The molecule has 204 valence electrons. The van der Waals surface area contributed by atoms with E-state index in [0.29, 0.717) is 26.9 Å². The van der Waals surface area contributed by atoms with Crippen molar-refractivity contribution in [2.24, 2.45) is 5.10 Å². The molecule has 0 unspecified atom stereocenters. The molecule has 0 aliphatic rings. The lowest BCUT2D eigenvalue weighted by atomic mass is 10.0. The van der Waals surface area contributed by atoms with Gasteiger partial charge in [-0.25, -0.2) is 10.2 Å². The first kappa shape index (κ1) is 28.2. The van der Waals surface area contributed by atoms with Gasteiger partial charge >= 0.3 is 5.97 Å². The van der Waals surface area contributed by atoms with E-state index in [9.17, 15) is 9.59 Å². The third-order valence-corrected chi connectivity index (χ3v) is 6.88. The van der Waals surface area contributed by atoms with Crippen LogP contribution in [0.15, 0.2) is 108 Å². The minimum Gasteiger partial charge on any atom is -0.488 e. The SMILES string of the molecule is O=C(Oc1ccc2ccccc2c1/C=N\NC(=O)c1ccccc1OCc1ccc(Cl)cc1)c1ccc(Cl)cc1Cl. The molecule has 1 N–H and O–H groups in total. The number of hydrogen-bond acceptors (Lipinski definition) is 5. The first-order chi connectivity index (χ1) is 19.9. The molecule has 0 aliphatic carbocycles. The van der Waals surface area contributed by atoms with E-state index in [1.54, 1.807) is 48.5 Å². The van der Waals surface area contributed by atoms with Gasteiger partial charge in [-0.15, -0.1) is 0 Å². The Hall–Kier alpha value is -4.36. The lowest BCUT2D eigenvalue weighted by Gasteiger charge is -2.12. The molecule has 0 bridgehead atoms. The largest absolute Gasteiger partial charge is 0.488 e. The van der Waals surface area contributed by atoms with Gasteiger partial charge in [-0.3, -0.25) is 4.79 Å². The predicted octanol–water partition coefficient (Wildman–Crippen LogP) is 8.36. The number of carbonyl (C=O) groups is 2. The van der Waals surface area contributed by atoms with Crippen LogP contribution in [0.25, 0.3) is 10.8 Å². The van der Waals surface area contributed by atoms with E-state index in [0.717, 1.165) is 16.3 Å². The van der Waals surface area contributed by atoms with Crippen LogP contribution >= 0.6 is 34.8 Å². The summed E-state index contributed by atoms with van der Waals surface area (Å²) in [5.74, 6) is -0.494. The third kappa shape index (κ3) is 6.87. The van der Waals surface area contributed by atoms with Gasteiger partial charge in [0.15, 0.2) is 0 Å². The van der Waals surface area contributed by atoms with Crippen molar-refractivity contribution in [1.82, 2.24) is 5.43 Å². The van der Waals surface area contributed by atoms with Gasteiger partial charge in [-0.05, 0) is 64.9 Å². The molecule has 5 rings (SSSR count). The first-order valence-electron chi connectivity index (χ1n) is 12.4. The van der Waals surface area contributed by atoms with Crippen LogP contribution in [-0.2, 0) is 6.61 Å². The number of carbonyl (C=O) groups excluding carboxylic acids is 2. The fourth-order valence-corrected chi connectivity index (χ4v) is 4.66. The van der Waals surface area contributed by atoms with Gasteiger partial charge in [0, 0.05) is 15.6 Å². The Morgan fingerprint density at radius 2 is 1.49 bits per heavy atom. The zero-order valence-corrected chi connectivity index (χ0v) is 23.6. The number of fused-ring (bicyclic) bond motifs is 1. The second-order valence-corrected chi connectivity index (χ2v) is 10.1. The molecule has 0 saturated carbocycles. The summed E-state index contributed by atoms with van der Waals surface area (Å²) in [6.07, 6.45) is 1.43. The quantitative estimate of drug-likeness (QED) is 0.0837. The highest BCUT2D eigenvalue weighted by Gasteiger charge is 2.17. The van der Waals surface area contributed by atoms with Gasteiger partial charge in [-0.2, -0.15) is 5.10 Å². The molecule has 0 atom stereocenters. The highest BCUT2D eigenvalue weighted by Crippen LogP contribution is 2.29. The second-order valence-electron chi connectivity index (χ2n) is 8.82. The van der Waals surface area contributed by atoms with E-state index < -0.39 is 11.9 Å². The highest BCUT2D eigenvalue weighted by atomic mass is 35.5. The Morgan fingerprint density at radius 1 is 0.756 bits per heavy atom. The van der Waals surface area contributed by atoms with Crippen molar-refractivity contribution in [1.29, 1.82) is 0 Å². The monoisotopic (exact) mass is 602 g/mol. The summed E-state index contributed by atoms with van der Waals surface area (Å²) < 4.78 is 11.6. The van der Waals surface area contributed by atoms with E-state index in [1.165, 1.54) is 18.3 Å².